The van der Waals surface area contributed by atoms with Crippen molar-refractivity contribution in [3.63, 3.8) is 0 Å². The topological polar surface area (TPSA) is 103 Å². The van der Waals surface area contributed by atoms with Crippen LogP contribution in [-0.2, 0) is 14.8 Å². The number of nitrogens with zero attached hydrogens (tertiary/aromatic N) is 2. The van der Waals surface area contributed by atoms with Gasteiger partial charge in [0, 0.05) is 24.3 Å². The van der Waals surface area contributed by atoms with Gasteiger partial charge in [-0.2, -0.15) is 4.31 Å². The number of aliphatic carboxylic acids is 1. The smallest absolute Gasteiger partial charge is 0.318 e. The van der Waals surface area contributed by atoms with Crippen molar-refractivity contribution in [2.75, 3.05) is 13.1 Å². The number of aromatic amines is 1. The van der Waals surface area contributed by atoms with Gasteiger partial charge in [-0.3, -0.25) is 4.79 Å². The van der Waals surface area contributed by atoms with Gasteiger partial charge >= 0.3 is 5.97 Å². The molecule has 0 aliphatic carbocycles. The van der Waals surface area contributed by atoms with Crippen molar-refractivity contribution >= 4 is 27.0 Å². The van der Waals surface area contributed by atoms with Crippen LogP contribution < -0.4 is 0 Å². The van der Waals surface area contributed by atoms with Crippen LogP contribution in [0.15, 0.2) is 29.4 Å². The summed E-state index contributed by atoms with van der Waals surface area (Å²) in [5, 5.41) is 9.32. The number of sulfonamides is 1. The minimum atomic E-state index is -3.86. The Labute approximate surface area is 116 Å². The van der Waals surface area contributed by atoms with Gasteiger partial charge in [0.2, 0.25) is 10.0 Å². The largest absolute Gasteiger partial charge is 0.480 e. The van der Waals surface area contributed by atoms with Crippen LogP contribution in [0.2, 0.25) is 0 Å². The first-order chi connectivity index (χ1) is 9.46. The molecule has 0 aliphatic rings. The van der Waals surface area contributed by atoms with E-state index >= 15 is 0 Å². The summed E-state index contributed by atoms with van der Waals surface area (Å²) in [6, 6.07) is 3.27. The molecule has 2 N–H and O–H groups in total. The second kappa shape index (κ2) is 5.59. The predicted molar refractivity (Wildman–Crippen MR) is 72.8 cm³/mol. The third kappa shape index (κ3) is 2.66. The first kappa shape index (κ1) is 14.5. The quantitative estimate of drug-likeness (QED) is 0.829. The van der Waals surface area contributed by atoms with Gasteiger partial charge in [0.25, 0.3) is 0 Å². The average molecular weight is 297 g/mol. The van der Waals surface area contributed by atoms with E-state index in [-0.39, 0.29) is 11.4 Å². The highest BCUT2D eigenvalue weighted by atomic mass is 32.2. The number of hydrogen-bond acceptors (Lipinski definition) is 4. The molecule has 2 rings (SSSR count). The van der Waals surface area contributed by atoms with Crippen molar-refractivity contribution in [3.8, 4) is 0 Å². The van der Waals surface area contributed by atoms with E-state index in [0.717, 1.165) is 4.31 Å². The van der Waals surface area contributed by atoms with Gasteiger partial charge in [-0.15, -0.1) is 0 Å². The zero-order valence-corrected chi connectivity index (χ0v) is 11.7. The van der Waals surface area contributed by atoms with Gasteiger partial charge in [0.15, 0.2) is 0 Å². The number of carboxylic acids is 1. The molecule has 0 saturated heterocycles. The van der Waals surface area contributed by atoms with Crippen molar-refractivity contribution in [2.45, 2.75) is 18.2 Å². The number of pyridine rings is 1. The van der Waals surface area contributed by atoms with E-state index in [1.807, 2.05) is 0 Å². The van der Waals surface area contributed by atoms with E-state index in [4.69, 9.17) is 5.11 Å². The molecule has 8 heteroatoms. The number of fused-ring (bicyclic) bond motifs is 1. The zero-order valence-electron chi connectivity index (χ0n) is 10.9. The Morgan fingerprint density at radius 2 is 2.25 bits per heavy atom. The summed E-state index contributed by atoms with van der Waals surface area (Å²) in [5.41, 5.74) is 0.456. The van der Waals surface area contributed by atoms with Crippen LogP contribution in [0.25, 0.3) is 11.0 Å². The fourth-order valence-corrected chi connectivity index (χ4v) is 3.60. The first-order valence-electron chi connectivity index (χ1n) is 6.11. The van der Waals surface area contributed by atoms with Crippen molar-refractivity contribution in [2.24, 2.45) is 0 Å². The standard InChI is InChI=1S/C12H15N3O4S/c1-2-6-15(8-11(16)17)20(18,19)10-7-14-12-9(10)4-3-5-13-12/h3-5,7H,2,6,8H2,1H3,(H,13,14)(H,16,17). The number of nitrogens with one attached hydrogen (secondary N) is 1. The molecule has 0 radical (unpaired) electrons. The SMILES string of the molecule is CCCN(CC(=O)O)S(=O)(=O)c1c[nH]c2ncccc12. The van der Waals surface area contributed by atoms with Crippen molar-refractivity contribution in [3.05, 3.63) is 24.5 Å². The fourth-order valence-electron chi connectivity index (χ4n) is 1.97. The summed E-state index contributed by atoms with van der Waals surface area (Å²) < 4.78 is 26.1. The Morgan fingerprint density at radius 3 is 2.90 bits per heavy atom. The summed E-state index contributed by atoms with van der Waals surface area (Å²) in [6.07, 6.45) is 3.43. The van der Waals surface area contributed by atoms with E-state index in [2.05, 4.69) is 9.97 Å². The number of hydrogen-bond donors (Lipinski definition) is 2. The Kier molecular flexibility index (Phi) is 4.05. The van der Waals surface area contributed by atoms with Crippen molar-refractivity contribution in [1.82, 2.24) is 14.3 Å². The highest BCUT2D eigenvalue weighted by molar-refractivity contribution is 7.89. The molecule has 0 bridgehead atoms. The first-order valence-corrected chi connectivity index (χ1v) is 7.55. The summed E-state index contributed by atoms with van der Waals surface area (Å²) in [4.78, 5) is 17.7. The van der Waals surface area contributed by atoms with Crippen molar-refractivity contribution in [1.29, 1.82) is 0 Å². The molecule has 0 aromatic carbocycles. The highest BCUT2D eigenvalue weighted by Gasteiger charge is 2.28. The summed E-state index contributed by atoms with van der Waals surface area (Å²) in [7, 11) is -3.86. The molecule has 2 heterocycles. The Hall–Kier alpha value is -1.93. The molecule has 2 aromatic rings. The maximum atomic E-state index is 12.5. The number of aromatic nitrogens is 2. The van der Waals surface area contributed by atoms with E-state index in [1.54, 1.807) is 25.3 Å². The van der Waals surface area contributed by atoms with Gasteiger partial charge in [0.1, 0.15) is 17.1 Å². The number of H-pyrrole nitrogens is 1. The molecule has 0 saturated carbocycles. The maximum Gasteiger partial charge on any atom is 0.318 e. The number of rotatable bonds is 6. The summed E-state index contributed by atoms with van der Waals surface area (Å²) in [5.74, 6) is -1.18. The van der Waals surface area contributed by atoms with Crippen LogP contribution in [0.3, 0.4) is 0 Å². The van der Waals surface area contributed by atoms with Crippen LogP contribution in [0, 0.1) is 0 Å². The van der Waals surface area contributed by atoms with Crippen LogP contribution in [0.4, 0.5) is 0 Å². The molecule has 0 aliphatic heterocycles. The van der Waals surface area contributed by atoms with Gasteiger partial charge < -0.3 is 10.1 Å². The van der Waals surface area contributed by atoms with Crippen LogP contribution in [0.5, 0.6) is 0 Å². The fraction of sp³-hybridized carbons (Fsp3) is 0.333. The molecule has 0 fully saturated rings. The minimum Gasteiger partial charge on any atom is -0.480 e. The molecule has 0 atom stereocenters. The Morgan fingerprint density at radius 1 is 1.50 bits per heavy atom. The van der Waals surface area contributed by atoms with E-state index in [1.165, 1.54) is 6.20 Å². The molecule has 0 spiro atoms. The molecule has 0 unspecified atom stereocenters. The molecule has 20 heavy (non-hydrogen) atoms. The van der Waals surface area contributed by atoms with E-state index in [9.17, 15) is 13.2 Å². The second-order valence-corrected chi connectivity index (χ2v) is 6.19. The summed E-state index contributed by atoms with van der Waals surface area (Å²) in [6.45, 7) is 1.39. The lowest BCUT2D eigenvalue weighted by molar-refractivity contribution is -0.137. The van der Waals surface area contributed by atoms with Crippen LogP contribution in [0.1, 0.15) is 13.3 Å². The molecule has 2 aromatic heterocycles. The predicted octanol–water partition coefficient (Wildman–Crippen LogP) is 1.05. The van der Waals surface area contributed by atoms with Crippen LogP contribution in [-0.4, -0.2) is 46.9 Å². The highest BCUT2D eigenvalue weighted by Crippen LogP contribution is 2.24. The molecular weight excluding hydrogens is 282 g/mol. The Balaban J connectivity index is 2.49. The van der Waals surface area contributed by atoms with Gasteiger partial charge in [0.05, 0.1) is 0 Å². The third-order valence-electron chi connectivity index (χ3n) is 2.82. The summed E-state index contributed by atoms with van der Waals surface area (Å²) >= 11 is 0. The minimum absolute atomic E-state index is 0.0512. The van der Waals surface area contributed by atoms with Gasteiger partial charge in [-0.1, -0.05) is 6.92 Å². The third-order valence-corrected chi connectivity index (χ3v) is 4.70. The lowest BCUT2D eigenvalue weighted by atomic mass is 10.3. The maximum absolute atomic E-state index is 12.5. The van der Waals surface area contributed by atoms with Gasteiger partial charge in [-0.05, 0) is 18.6 Å². The average Bonchev–Trinajstić information content (AvgIpc) is 2.82. The lowest BCUT2D eigenvalue weighted by Gasteiger charge is -2.18. The van der Waals surface area contributed by atoms with Crippen molar-refractivity contribution < 1.29 is 18.3 Å². The molecule has 0 amide bonds. The second-order valence-electron chi connectivity index (χ2n) is 4.28. The van der Waals surface area contributed by atoms with Gasteiger partial charge in [-0.25, -0.2) is 13.4 Å². The Bertz CT molecular complexity index is 723. The van der Waals surface area contributed by atoms with E-state index in [0.29, 0.717) is 17.5 Å². The monoisotopic (exact) mass is 297 g/mol. The molecule has 7 nitrogen and oxygen atoms in total. The van der Waals surface area contributed by atoms with E-state index < -0.39 is 22.5 Å². The lowest BCUT2D eigenvalue weighted by Crippen LogP contribution is -2.36. The van der Waals surface area contributed by atoms with Crippen LogP contribution >= 0.6 is 0 Å². The normalized spacial score (nSPS) is 12.1. The molecule has 108 valence electrons. The zero-order chi connectivity index (χ0) is 14.8. The number of carbonyl (C=O) groups is 1. The number of carboxylic acid groups (broad SMARTS) is 1. The molecular formula is C12H15N3O4S.